The zero-order chi connectivity index (χ0) is 11.8. The molecule has 0 bridgehead atoms. The fraction of sp³-hybridized carbons (Fsp3) is 0.417. The van der Waals surface area contributed by atoms with Crippen molar-refractivity contribution in [3.63, 3.8) is 0 Å². The van der Waals surface area contributed by atoms with Crippen LogP contribution in [0.25, 0.3) is 11.0 Å². The zero-order valence-corrected chi connectivity index (χ0v) is 11.0. The van der Waals surface area contributed by atoms with Crippen LogP contribution in [-0.4, -0.2) is 22.6 Å². The summed E-state index contributed by atoms with van der Waals surface area (Å²) in [6.07, 6.45) is 2.03. The van der Waals surface area contributed by atoms with Crippen LogP contribution in [0.2, 0.25) is 0 Å². The van der Waals surface area contributed by atoms with E-state index in [1.165, 1.54) is 0 Å². The van der Waals surface area contributed by atoms with E-state index in [1.807, 2.05) is 22.8 Å². The summed E-state index contributed by atoms with van der Waals surface area (Å²) < 4.78 is 2.85. The standard InChI is InChI=1S/C12H14BrN3O/c13-9-2-1-3-10-11(9)15-12(17)16(10)8-4-6-14-7-5-8/h1-3,8,14H,4-7H2,(H,15,17). The summed E-state index contributed by atoms with van der Waals surface area (Å²) in [5.74, 6) is 0. The normalized spacial score (nSPS) is 17.7. The van der Waals surface area contributed by atoms with Crippen LogP contribution in [0.15, 0.2) is 27.5 Å². The number of aromatic nitrogens is 2. The third-order valence-electron chi connectivity index (χ3n) is 3.38. The number of halogens is 1. The lowest BCUT2D eigenvalue weighted by molar-refractivity contribution is 0.368. The summed E-state index contributed by atoms with van der Waals surface area (Å²) in [5, 5.41) is 3.32. The first-order chi connectivity index (χ1) is 8.27. The van der Waals surface area contributed by atoms with Gasteiger partial charge in [0.1, 0.15) is 0 Å². The topological polar surface area (TPSA) is 49.8 Å². The molecule has 1 aliphatic heterocycles. The Balaban J connectivity index is 2.18. The molecule has 5 heteroatoms. The second kappa shape index (κ2) is 4.31. The van der Waals surface area contributed by atoms with Crippen LogP contribution in [0, 0.1) is 0 Å². The van der Waals surface area contributed by atoms with Gasteiger partial charge in [-0.2, -0.15) is 0 Å². The summed E-state index contributed by atoms with van der Waals surface area (Å²) in [4.78, 5) is 15.0. The highest BCUT2D eigenvalue weighted by atomic mass is 79.9. The SMILES string of the molecule is O=c1[nH]c2c(Br)cccc2n1C1CCNCC1. The van der Waals surface area contributed by atoms with E-state index in [-0.39, 0.29) is 5.69 Å². The Hall–Kier alpha value is -1.07. The van der Waals surface area contributed by atoms with E-state index >= 15 is 0 Å². The molecule has 0 atom stereocenters. The van der Waals surface area contributed by atoms with Gasteiger partial charge >= 0.3 is 5.69 Å². The fourth-order valence-electron chi connectivity index (χ4n) is 2.54. The average Bonchev–Trinajstić information content (AvgIpc) is 2.68. The van der Waals surface area contributed by atoms with Crippen molar-refractivity contribution in [3.05, 3.63) is 33.2 Å². The molecule has 2 heterocycles. The number of piperidine rings is 1. The Morgan fingerprint density at radius 1 is 1.29 bits per heavy atom. The number of rotatable bonds is 1. The maximum absolute atomic E-state index is 12.1. The minimum absolute atomic E-state index is 0.00111. The monoisotopic (exact) mass is 295 g/mol. The molecule has 1 saturated heterocycles. The average molecular weight is 296 g/mol. The van der Waals surface area contributed by atoms with E-state index in [1.54, 1.807) is 0 Å². The first-order valence-electron chi connectivity index (χ1n) is 5.87. The first kappa shape index (κ1) is 11.0. The molecule has 3 rings (SSSR count). The number of para-hydroxylation sites is 1. The minimum Gasteiger partial charge on any atom is -0.317 e. The number of aromatic amines is 1. The predicted octanol–water partition coefficient (Wildman–Crippen LogP) is 2.02. The van der Waals surface area contributed by atoms with E-state index in [0.29, 0.717) is 6.04 Å². The summed E-state index contributed by atoms with van der Waals surface area (Å²) in [6.45, 7) is 1.97. The largest absolute Gasteiger partial charge is 0.326 e. The number of H-pyrrole nitrogens is 1. The highest BCUT2D eigenvalue weighted by Crippen LogP contribution is 2.25. The van der Waals surface area contributed by atoms with E-state index in [4.69, 9.17) is 0 Å². The molecule has 1 aliphatic rings. The van der Waals surface area contributed by atoms with Crippen LogP contribution >= 0.6 is 15.9 Å². The van der Waals surface area contributed by atoms with E-state index in [9.17, 15) is 4.79 Å². The van der Waals surface area contributed by atoms with Gasteiger partial charge in [0.25, 0.3) is 0 Å². The van der Waals surface area contributed by atoms with Gasteiger partial charge in [-0.3, -0.25) is 4.57 Å². The summed E-state index contributed by atoms with van der Waals surface area (Å²) in [6, 6.07) is 6.23. The molecule has 2 aromatic rings. The van der Waals surface area contributed by atoms with E-state index in [0.717, 1.165) is 41.4 Å². The van der Waals surface area contributed by atoms with Gasteiger partial charge < -0.3 is 10.3 Å². The molecule has 0 unspecified atom stereocenters. The van der Waals surface area contributed by atoms with Crippen molar-refractivity contribution in [2.75, 3.05) is 13.1 Å². The van der Waals surface area contributed by atoms with Crippen molar-refractivity contribution in [2.45, 2.75) is 18.9 Å². The van der Waals surface area contributed by atoms with Crippen molar-refractivity contribution in [3.8, 4) is 0 Å². The fourth-order valence-corrected chi connectivity index (χ4v) is 3.00. The van der Waals surface area contributed by atoms with Crippen molar-refractivity contribution in [1.29, 1.82) is 0 Å². The Morgan fingerprint density at radius 3 is 2.82 bits per heavy atom. The van der Waals surface area contributed by atoms with Crippen molar-refractivity contribution < 1.29 is 0 Å². The van der Waals surface area contributed by atoms with Crippen LogP contribution in [0.5, 0.6) is 0 Å². The lowest BCUT2D eigenvalue weighted by atomic mass is 10.1. The van der Waals surface area contributed by atoms with Gasteiger partial charge in [0.05, 0.1) is 11.0 Å². The summed E-state index contributed by atoms with van der Waals surface area (Å²) in [5.41, 5.74) is 1.89. The smallest absolute Gasteiger partial charge is 0.317 e. The second-order valence-electron chi connectivity index (χ2n) is 4.42. The third-order valence-corrected chi connectivity index (χ3v) is 4.04. The van der Waals surface area contributed by atoms with Gasteiger partial charge in [-0.1, -0.05) is 6.07 Å². The lowest BCUT2D eigenvalue weighted by Crippen LogP contribution is -2.33. The molecule has 1 fully saturated rings. The predicted molar refractivity (Wildman–Crippen MR) is 71.4 cm³/mol. The molecule has 0 aliphatic carbocycles. The van der Waals surface area contributed by atoms with Gasteiger partial charge in [-0.15, -0.1) is 0 Å². The molecule has 1 aromatic heterocycles. The molecule has 0 radical (unpaired) electrons. The second-order valence-corrected chi connectivity index (χ2v) is 5.27. The Morgan fingerprint density at radius 2 is 2.06 bits per heavy atom. The molecular formula is C12H14BrN3O. The number of benzene rings is 1. The number of nitrogens with one attached hydrogen (secondary N) is 2. The highest BCUT2D eigenvalue weighted by Gasteiger charge is 2.19. The first-order valence-corrected chi connectivity index (χ1v) is 6.66. The maximum Gasteiger partial charge on any atom is 0.326 e. The molecular weight excluding hydrogens is 282 g/mol. The number of imidazole rings is 1. The molecule has 2 N–H and O–H groups in total. The maximum atomic E-state index is 12.1. The Kier molecular flexibility index (Phi) is 2.80. The Bertz CT molecular complexity index is 595. The number of nitrogens with zero attached hydrogens (tertiary/aromatic N) is 1. The van der Waals surface area contributed by atoms with Gasteiger partial charge in [0.15, 0.2) is 0 Å². The lowest BCUT2D eigenvalue weighted by Gasteiger charge is -2.23. The van der Waals surface area contributed by atoms with Crippen LogP contribution in [-0.2, 0) is 0 Å². The molecule has 0 amide bonds. The number of fused-ring (bicyclic) bond motifs is 1. The molecule has 17 heavy (non-hydrogen) atoms. The van der Waals surface area contributed by atoms with Crippen LogP contribution in [0.4, 0.5) is 0 Å². The van der Waals surface area contributed by atoms with Crippen LogP contribution in [0.3, 0.4) is 0 Å². The highest BCUT2D eigenvalue weighted by molar-refractivity contribution is 9.10. The van der Waals surface area contributed by atoms with Gasteiger partial charge in [0, 0.05) is 10.5 Å². The summed E-state index contributed by atoms with van der Waals surface area (Å²) >= 11 is 3.47. The molecule has 1 aromatic carbocycles. The van der Waals surface area contributed by atoms with Gasteiger partial charge in [-0.05, 0) is 54.0 Å². The molecule has 0 spiro atoms. The molecule has 90 valence electrons. The van der Waals surface area contributed by atoms with Crippen LogP contribution < -0.4 is 11.0 Å². The minimum atomic E-state index is -0.00111. The quantitative estimate of drug-likeness (QED) is 0.846. The van der Waals surface area contributed by atoms with Crippen LogP contribution in [0.1, 0.15) is 18.9 Å². The van der Waals surface area contributed by atoms with Gasteiger partial charge in [-0.25, -0.2) is 4.79 Å². The van der Waals surface area contributed by atoms with Crippen molar-refractivity contribution >= 4 is 27.0 Å². The van der Waals surface area contributed by atoms with Gasteiger partial charge in [0.2, 0.25) is 0 Å². The third kappa shape index (κ3) is 1.83. The van der Waals surface area contributed by atoms with E-state index in [2.05, 4.69) is 26.2 Å². The Labute approximate surface area is 107 Å². The number of hydrogen-bond donors (Lipinski definition) is 2. The number of hydrogen-bond acceptors (Lipinski definition) is 2. The zero-order valence-electron chi connectivity index (χ0n) is 9.37. The molecule has 4 nitrogen and oxygen atoms in total. The van der Waals surface area contributed by atoms with Crippen molar-refractivity contribution in [1.82, 2.24) is 14.9 Å². The summed E-state index contributed by atoms with van der Waals surface area (Å²) in [7, 11) is 0. The molecule has 0 saturated carbocycles. The van der Waals surface area contributed by atoms with E-state index < -0.39 is 0 Å². The van der Waals surface area contributed by atoms with Crippen molar-refractivity contribution in [2.24, 2.45) is 0 Å².